The number of carbonyl (C=O) groups excluding carboxylic acids is 2. The number of nitro benzene ring substituents is 1. The standard InChI is InChI=1S/C18H19F3N2O5/c1-3-7-28-18(25)11(8-22-10-5-4-6-10)17(24)12-13(19)9(2)14(20)15(21)16(12)23(26)27/h8,10-11H,3-7H2,1-2H3. The largest absolute Gasteiger partial charge is 0.465 e. The van der Waals surface area contributed by atoms with Crippen LogP contribution in [0.2, 0.25) is 0 Å². The number of halogens is 3. The molecular formula is C18H19F3N2O5. The van der Waals surface area contributed by atoms with Gasteiger partial charge in [-0.15, -0.1) is 0 Å². The van der Waals surface area contributed by atoms with Gasteiger partial charge in [0.1, 0.15) is 11.4 Å². The molecule has 1 aromatic rings. The summed E-state index contributed by atoms with van der Waals surface area (Å²) in [6, 6.07) is -0.124. The number of aliphatic imine (C=N–C) groups is 1. The van der Waals surface area contributed by atoms with Crippen molar-refractivity contribution in [1.82, 2.24) is 0 Å². The number of ether oxygens (including phenoxy) is 1. The van der Waals surface area contributed by atoms with E-state index in [1.165, 1.54) is 0 Å². The molecule has 152 valence electrons. The molecule has 0 radical (unpaired) electrons. The highest BCUT2D eigenvalue weighted by Crippen LogP contribution is 2.32. The Balaban J connectivity index is 2.55. The third-order valence-electron chi connectivity index (χ3n) is 4.45. The van der Waals surface area contributed by atoms with Gasteiger partial charge in [-0.1, -0.05) is 6.92 Å². The molecule has 0 saturated heterocycles. The average Bonchev–Trinajstić information content (AvgIpc) is 2.61. The highest BCUT2D eigenvalue weighted by Gasteiger charge is 2.40. The highest BCUT2D eigenvalue weighted by molar-refractivity contribution is 6.20. The number of hydrogen-bond acceptors (Lipinski definition) is 6. The van der Waals surface area contributed by atoms with Crippen molar-refractivity contribution in [3.05, 3.63) is 38.7 Å². The highest BCUT2D eigenvalue weighted by atomic mass is 19.2. The summed E-state index contributed by atoms with van der Waals surface area (Å²) in [5.74, 6) is -9.63. The fourth-order valence-electron chi connectivity index (χ4n) is 2.59. The number of benzene rings is 1. The molecule has 7 nitrogen and oxygen atoms in total. The second-order valence-corrected chi connectivity index (χ2v) is 6.44. The number of ketones is 1. The predicted octanol–water partition coefficient (Wildman–Crippen LogP) is 3.70. The van der Waals surface area contributed by atoms with Crippen molar-refractivity contribution in [2.24, 2.45) is 10.9 Å². The number of hydrogen-bond donors (Lipinski definition) is 0. The first-order chi connectivity index (χ1) is 13.2. The van der Waals surface area contributed by atoms with E-state index in [1.54, 1.807) is 6.92 Å². The summed E-state index contributed by atoms with van der Waals surface area (Å²) in [6.07, 6.45) is 3.78. The zero-order valence-electron chi connectivity index (χ0n) is 15.3. The maximum atomic E-state index is 14.5. The van der Waals surface area contributed by atoms with Crippen molar-refractivity contribution < 1.29 is 32.4 Å². The van der Waals surface area contributed by atoms with Crippen molar-refractivity contribution in [3.8, 4) is 0 Å². The molecular weight excluding hydrogens is 381 g/mol. The molecule has 0 amide bonds. The van der Waals surface area contributed by atoms with Gasteiger partial charge in [0.25, 0.3) is 0 Å². The van der Waals surface area contributed by atoms with Crippen molar-refractivity contribution in [3.63, 3.8) is 0 Å². The van der Waals surface area contributed by atoms with Gasteiger partial charge in [-0.2, -0.15) is 4.39 Å². The lowest BCUT2D eigenvalue weighted by Gasteiger charge is -2.21. The van der Waals surface area contributed by atoms with Crippen LogP contribution in [0.25, 0.3) is 0 Å². The Labute approximate surface area is 158 Å². The summed E-state index contributed by atoms with van der Waals surface area (Å²) < 4.78 is 47.2. The molecule has 1 aromatic carbocycles. The lowest BCUT2D eigenvalue weighted by Crippen LogP contribution is -2.31. The number of rotatable bonds is 8. The van der Waals surface area contributed by atoms with Gasteiger partial charge in [-0.25, -0.2) is 8.78 Å². The number of carbonyl (C=O) groups is 2. The fourth-order valence-corrected chi connectivity index (χ4v) is 2.59. The number of Topliss-reactive ketones (excluding diaryl/α,β-unsaturated/α-hetero) is 1. The molecule has 1 unspecified atom stereocenters. The number of nitrogens with zero attached hydrogens (tertiary/aromatic N) is 2. The van der Waals surface area contributed by atoms with Gasteiger partial charge in [-0.3, -0.25) is 24.7 Å². The second kappa shape index (κ2) is 8.94. The molecule has 0 N–H and O–H groups in total. The third kappa shape index (κ3) is 4.20. The summed E-state index contributed by atoms with van der Waals surface area (Å²) in [4.78, 5) is 38.9. The van der Waals surface area contributed by atoms with Crippen molar-refractivity contribution in [1.29, 1.82) is 0 Å². The first-order valence-corrected chi connectivity index (χ1v) is 8.76. The molecule has 1 aliphatic rings. The van der Waals surface area contributed by atoms with E-state index in [9.17, 15) is 32.9 Å². The first-order valence-electron chi connectivity index (χ1n) is 8.76. The van der Waals surface area contributed by atoms with Crippen LogP contribution in [0.15, 0.2) is 4.99 Å². The molecule has 10 heteroatoms. The van der Waals surface area contributed by atoms with Crippen LogP contribution in [-0.4, -0.2) is 35.5 Å². The van der Waals surface area contributed by atoms with Gasteiger partial charge in [0, 0.05) is 17.8 Å². The number of nitro groups is 1. The Bertz CT molecular complexity index is 837. The molecule has 1 atom stereocenters. The molecule has 28 heavy (non-hydrogen) atoms. The third-order valence-corrected chi connectivity index (χ3v) is 4.45. The minimum Gasteiger partial charge on any atom is -0.465 e. The van der Waals surface area contributed by atoms with Crippen LogP contribution in [0, 0.1) is 40.4 Å². The minimum absolute atomic E-state index is 0.0404. The topological polar surface area (TPSA) is 98.9 Å². The van der Waals surface area contributed by atoms with Crippen LogP contribution in [0.4, 0.5) is 18.9 Å². The van der Waals surface area contributed by atoms with E-state index >= 15 is 0 Å². The van der Waals surface area contributed by atoms with Gasteiger partial charge >= 0.3 is 11.7 Å². The summed E-state index contributed by atoms with van der Waals surface area (Å²) in [5, 5.41) is 11.2. The quantitative estimate of drug-likeness (QED) is 0.126. The normalized spacial score (nSPS) is 15.3. The lowest BCUT2D eigenvalue weighted by atomic mass is 9.92. The van der Waals surface area contributed by atoms with Gasteiger partial charge < -0.3 is 4.74 Å². The van der Waals surface area contributed by atoms with Gasteiger partial charge in [0.15, 0.2) is 17.5 Å². The molecule has 1 aliphatic carbocycles. The maximum Gasteiger partial charge on any atom is 0.322 e. The van der Waals surface area contributed by atoms with E-state index in [2.05, 4.69) is 4.99 Å². The van der Waals surface area contributed by atoms with E-state index in [4.69, 9.17) is 4.74 Å². The number of esters is 1. The summed E-state index contributed by atoms with van der Waals surface area (Å²) in [7, 11) is 0. The van der Waals surface area contributed by atoms with Crippen LogP contribution in [0.5, 0.6) is 0 Å². The van der Waals surface area contributed by atoms with Gasteiger partial charge in [0.05, 0.1) is 11.5 Å². The summed E-state index contributed by atoms with van der Waals surface area (Å²) in [6.45, 7) is 2.50. The lowest BCUT2D eigenvalue weighted by molar-refractivity contribution is -0.388. The summed E-state index contributed by atoms with van der Waals surface area (Å²) in [5.41, 5.74) is -3.86. The zero-order chi connectivity index (χ0) is 21.0. The monoisotopic (exact) mass is 400 g/mol. The van der Waals surface area contributed by atoms with Crippen LogP contribution in [0.3, 0.4) is 0 Å². The van der Waals surface area contributed by atoms with E-state index in [0.717, 1.165) is 32.4 Å². The molecule has 0 bridgehead atoms. The molecule has 2 rings (SSSR count). The van der Waals surface area contributed by atoms with Crippen LogP contribution < -0.4 is 0 Å². The first kappa shape index (κ1) is 21.5. The Morgan fingerprint density at radius 1 is 1.29 bits per heavy atom. The minimum atomic E-state index is -1.97. The van der Waals surface area contributed by atoms with E-state index in [0.29, 0.717) is 6.42 Å². The van der Waals surface area contributed by atoms with Crippen LogP contribution >= 0.6 is 0 Å². The van der Waals surface area contributed by atoms with E-state index < -0.39 is 56.9 Å². The fraction of sp³-hybridized carbons (Fsp3) is 0.500. The summed E-state index contributed by atoms with van der Waals surface area (Å²) >= 11 is 0. The van der Waals surface area contributed by atoms with Crippen LogP contribution in [0.1, 0.15) is 48.5 Å². The van der Waals surface area contributed by atoms with Crippen LogP contribution in [-0.2, 0) is 9.53 Å². The maximum absolute atomic E-state index is 14.5. The molecule has 1 saturated carbocycles. The van der Waals surface area contributed by atoms with E-state index in [1.807, 2.05) is 0 Å². The van der Waals surface area contributed by atoms with E-state index in [-0.39, 0.29) is 12.6 Å². The molecule has 0 aliphatic heterocycles. The Morgan fingerprint density at radius 3 is 2.43 bits per heavy atom. The van der Waals surface area contributed by atoms with Gasteiger partial charge in [-0.05, 0) is 32.6 Å². The second-order valence-electron chi connectivity index (χ2n) is 6.44. The van der Waals surface area contributed by atoms with Crippen molar-refractivity contribution in [2.75, 3.05) is 6.61 Å². The predicted molar refractivity (Wildman–Crippen MR) is 92.9 cm³/mol. The smallest absolute Gasteiger partial charge is 0.322 e. The molecule has 1 fully saturated rings. The SMILES string of the molecule is CCCOC(=O)C(C=NC1CCC1)C(=O)c1c(F)c(C)c(F)c(F)c1[N+](=O)[O-]. The average molecular weight is 400 g/mol. The Hall–Kier alpha value is -2.78. The molecule has 0 heterocycles. The Morgan fingerprint density at radius 2 is 1.93 bits per heavy atom. The van der Waals surface area contributed by atoms with Gasteiger partial charge in [0.2, 0.25) is 5.82 Å². The zero-order valence-corrected chi connectivity index (χ0v) is 15.3. The van der Waals surface area contributed by atoms with Crippen molar-refractivity contribution in [2.45, 2.75) is 45.6 Å². The molecule has 0 aromatic heterocycles. The van der Waals surface area contributed by atoms with Crippen molar-refractivity contribution >= 4 is 23.7 Å². The molecule has 0 spiro atoms. The Kier molecular flexibility index (Phi) is 6.87.